The Hall–Kier alpha value is -0.900. The number of rotatable bonds is 2. The Morgan fingerprint density at radius 1 is 1.57 bits per heavy atom. The van der Waals surface area contributed by atoms with Crippen molar-refractivity contribution in [2.24, 2.45) is 5.92 Å². The van der Waals surface area contributed by atoms with E-state index in [4.69, 9.17) is 0 Å². The molecule has 0 bridgehead atoms. The molecule has 0 aromatic carbocycles. The fourth-order valence-corrected chi connectivity index (χ4v) is 1.38. The standard InChI is InChI=1S/C10H13BrN2O/c1-6(2)10(14)13-9-7(3)4-8(11)5-12-9/h4-6H,1-3H3,(H,12,13,14). The molecule has 0 radical (unpaired) electrons. The lowest BCUT2D eigenvalue weighted by Gasteiger charge is -2.09. The topological polar surface area (TPSA) is 42.0 Å². The molecular weight excluding hydrogens is 244 g/mol. The highest BCUT2D eigenvalue weighted by molar-refractivity contribution is 9.10. The zero-order chi connectivity index (χ0) is 10.7. The van der Waals surface area contributed by atoms with Crippen molar-refractivity contribution in [2.45, 2.75) is 20.8 Å². The Morgan fingerprint density at radius 2 is 2.21 bits per heavy atom. The summed E-state index contributed by atoms with van der Waals surface area (Å²) in [7, 11) is 0. The average Bonchev–Trinajstić information content (AvgIpc) is 2.09. The molecule has 1 rings (SSSR count). The van der Waals surface area contributed by atoms with E-state index < -0.39 is 0 Å². The smallest absolute Gasteiger partial charge is 0.228 e. The molecule has 1 amide bonds. The van der Waals surface area contributed by atoms with Crippen molar-refractivity contribution >= 4 is 27.7 Å². The van der Waals surface area contributed by atoms with E-state index in [9.17, 15) is 4.79 Å². The van der Waals surface area contributed by atoms with Crippen molar-refractivity contribution < 1.29 is 4.79 Å². The van der Waals surface area contributed by atoms with Crippen LogP contribution in [0, 0.1) is 12.8 Å². The van der Waals surface area contributed by atoms with E-state index in [-0.39, 0.29) is 11.8 Å². The van der Waals surface area contributed by atoms with Crippen LogP contribution in [0.2, 0.25) is 0 Å². The number of hydrogen-bond acceptors (Lipinski definition) is 2. The number of nitrogens with zero attached hydrogens (tertiary/aromatic N) is 1. The highest BCUT2D eigenvalue weighted by Gasteiger charge is 2.09. The first-order chi connectivity index (χ1) is 6.50. The van der Waals surface area contributed by atoms with Crippen LogP contribution in [-0.2, 0) is 4.79 Å². The largest absolute Gasteiger partial charge is 0.310 e. The Bertz CT molecular complexity index is 350. The molecule has 14 heavy (non-hydrogen) atoms. The summed E-state index contributed by atoms with van der Waals surface area (Å²) in [5, 5.41) is 2.77. The summed E-state index contributed by atoms with van der Waals surface area (Å²) in [6.45, 7) is 5.61. The van der Waals surface area contributed by atoms with Crippen molar-refractivity contribution in [2.75, 3.05) is 5.32 Å². The van der Waals surface area contributed by atoms with Gasteiger partial charge in [0.1, 0.15) is 5.82 Å². The van der Waals surface area contributed by atoms with Gasteiger partial charge < -0.3 is 5.32 Å². The second kappa shape index (κ2) is 4.55. The maximum atomic E-state index is 11.4. The lowest BCUT2D eigenvalue weighted by atomic mass is 10.2. The van der Waals surface area contributed by atoms with E-state index in [1.807, 2.05) is 26.8 Å². The molecule has 1 aromatic rings. The summed E-state index contributed by atoms with van der Waals surface area (Å²) in [4.78, 5) is 15.5. The fourth-order valence-electron chi connectivity index (χ4n) is 0.932. The van der Waals surface area contributed by atoms with Gasteiger partial charge in [0.15, 0.2) is 0 Å². The number of aryl methyl sites for hydroxylation is 1. The van der Waals surface area contributed by atoms with Crippen LogP contribution in [0.25, 0.3) is 0 Å². The van der Waals surface area contributed by atoms with Gasteiger partial charge in [0, 0.05) is 16.6 Å². The molecule has 76 valence electrons. The van der Waals surface area contributed by atoms with Gasteiger partial charge in [-0.1, -0.05) is 13.8 Å². The maximum absolute atomic E-state index is 11.4. The molecule has 0 saturated carbocycles. The molecule has 1 N–H and O–H groups in total. The van der Waals surface area contributed by atoms with Crippen LogP contribution in [0.3, 0.4) is 0 Å². The number of nitrogens with one attached hydrogen (secondary N) is 1. The van der Waals surface area contributed by atoms with Gasteiger partial charge in [-0.15, -0.1) is 0 Å². The highest BCUT2D eigenvalue weighted by Crippen LogP contribution is 2.17. The van der Waals surface area contributed by atoms with Crippen LogP contribution >= 0.6 is 15.9 Å². The number of halogens is 1. The minimum Gasteiger partial charge on any atom is -0.310 e. The van der Waals surface area contributed by atoms with Gasteiger partial charge in [-0.3, -0.25) is 4.79 Å². The van der Waals surface area contributed by atoms with Gasteiger partial charge in [0.05, 0.1) is 0 Å². The van der Waals surface area contributed by atoms with Crippen LogP contribution in [0.5, 0.6) is 0 Å². The number of carbonyl (C=O) groups is 1. The van der Waals surface area contributed by atoms with Gasteiger partial charge in [-0.05, 0) is 34.5 Å². The summed E-state index contributed by atoms with van der Waals surface area (Å²) in [6, 6.07) is 1.92. The quantitative estimate of drug-likeness (QED) is 0.885. The fraction of sp³-hybridized carbons (Fsp3) is 0.400. The Balaban J connectivity index is 2.82. The normalized spacial score (nSPS) is 10.4. The van der Waals surface area contributed by atoms with Gasteiger partial charge in [0.2, 0.25) is 5.91 Å². The molecule has 1 heterocycles. The average molecular weight is 257 g/mol. The summed E-state index contributed by atoms with van der Waals surface area (Å²) in [5.74, 6) is 0.592. The molecule has 0 aliphatic carbocycles. The number of amides is 1. The Labute approximate surface area is 92.1 Å². The SMILES string of the molecule is Cc1cc(Br)cnc1NC(=O)C(C)C. The van der Waals surface area contributed by atoms with E-state index in [2.05, 4.69) is 26.2 Å². The highest BCUT2D eigenvalue weighted by atomic mass is 79.9. The molecule has 0 spiro atoms. The number of aromatic nitrogens is 1. The van der Waals surface area contributed by atoms with Crippen LogP contribution in [0.4, 0.5) is 5.82 Å². The van der Waals surface area contributed by atoms with Crippen molar-refractivity contribution in [1.29, 1.82) is 0 Å². The molecule has 4 heteroatoms. The molecule has 0 unspecified atom stereocenters. The second-order valence-corrected chi connectivity index (χ2v) is 4.38. The third-order valence-electron chi connectivity index (χ3n) is 1.81. The van der Waals surface area contributed by atoms with E-state index in [0.29, 0.717) is 5.82 Å². The van der Waals surface area contributed by atoms with E-state index >= 15 is 0 Å². The van der Waals surface area contributed by atoms with Gasteiger partial charge in [-0.25, -0.2) is 4.98 Å². The van der Waals surface area contributed by atoms with Crippen molar-refractivity contribution in [3.05, 3.63) is 22.3 Å². The first kappa shape index (κ1) is 11.2. The van der Waals surface area contributed by atoms with Crippen LogP contribution in [0.1, 0.15) is 19.4 Å². The molecule has 0 atom stereocenters. The van der Waals surface area contributed by atoms with E-state index in [0.717, 1.165) is 10.0 Å². The summed E-state index contributed by atoms with van der Waals surface area (Å²) >= 11 is 3.32. The van der Waals surface area contributed by atoms with Gasteiger partial charge >= 0.3 is 0 Å². The summed E-state index contributed by atoms with van der Waals surface area (Å²) in [6.07, 6.45) is 1.67. The molecule has 0 aliphatic heterocycles. The zero-order valence-electron chi connectivity index (χ0n) is 8.47. The molecule has 0 aliphatic rings. The van der Waals surface area contributed by atoms with Crippen LogP contribution in [-0.4, -0.2) is 10.9 Å². The Kier molecular flexibility index (Phi) is 3.63. The number of carbonyl (C=O) groups excluding carboxylic acids is 1. The lowest BCUT2D eigenvalue weighted by molar-refractivity contribution is -0.118. The first-order valence-corrected chi connectivity index (χ1v) is 5.23. The van der Waals surface area contributed by atoms with E-state index in [1.54, 1.807) is 6.20 Å². The third kappa shape index (κ3) is 2.80. The van der Waals surface area contributed by atoms with E-state index in [1.165, 1.54) is 0 Å². The van der Waals surface area contributed by atoms with Gasteiger partial charge in [-0.2, -0.15) is 0 Å². The van der Waals surface area contributed by atoms with Crippen molar-refractivity contribution in [3.63, 3.8) is 0 Å². The predicted molar refractivity (Wildman–Crippen MR) is 60.1 cm³/mol. The minimum absolute atomic E-state index is 0.0112. The first-order valence-electron chi connectivity index (χ1n) is 4.43. The van der Waals surface area contributed by atoms with Crippen molar-refractivity contribution in [3.8, 4) is 0 Å². The minimum atomic E-state index is -0.0279. The van der Waals surface area contributed by atoms with Crippen LogP contribution < -0.4 is 5.32 Å². The molecular formula is C10H13BrN2O. The number of pyridine rings is 1. The van der Waals surface area contributed by atoms with Gasteiger partial charge in [0.25, 0.3) is 0 Å². The number of anilines is 1. The Morgan fingerprint density at radius 3 is 2.71 bits per heavy atom. The van der Waals surface area contributed by atoms with Crippen LogP contribution in [0.15, 0.2) is 16.7 Å². The van der Waals surface area contributed by atoms with Crippen molar-refractivity contribution in [1.82, 2.24) is 4.98 Å². The lowest BCUT2D eigenvalue weighted by Crippen LogP contribution is -2.19. The summed E-state index contributed by atoms with van der Waals surface area (Å²) in [5.41, 5.74) is 0.952. The number of hydrogen-bond donors (Lipinski definition) is 1. The third-order valence-corrected chi connectivity index (χ3v) is 2.24. The maximum Gasteiger partial charge on any atom is 0.228 e. The second-order valence-electron chi connectivity index (χ2n) is 3.46. The molecule has 3 nitrogen and oxygen atoms in total. The monoisotopic (exact) mass is 256 g/mol. The molecule has 0 fully saturated rings. The molecule has 1 aromatic heterocycles. The predicted octanol–water partition coefficient (Wildman–Crippen LogP) is 2.75. The zero-order valence-corrected chi connectivity index (χ0v) is 10.1. The molecule has 0 saturated heterocycles. The summed E-state index contributed by atoms with van der Waals surface area (Å²) < 4.78 is 0.914.